The van der Waals surface area contributed by atoms with Crippen LogP contribution in [-0.2, 0) is 10.0 Å². The number of hydrogen-bond donors (Lipinski definition) is 1. The van der Waals surface area contributed by atoms with Gasteiger partial charge >= 0.3 is 12.3 Å². The van der Waals surface area contributed by atoms with Crippen LogP contribution in [0, 0.1) is 0 Å². The molecule has 0 aliphatic heterocycles. The smallest absolute Gasteiger partial charge is 0.340 e. The Morgan fingerprint density at radius 1 is 1.33 bits per heavy atom. The normalized spacial score (nSPS) is 13.0. The maximum absolute atomic E-state index is 12.7. The summed E-state index contributed by atoms with van der Waals surface area (Å²) in [5.74, 6) is -4.62. The minimum absolute atomic E-state index is 0.169. The van der Waals surface area contributed by atoms with Crippen LogP contribution in [0.1, 0.15) is 0 Å². The molecule has 0 aliphatic rings. The topological polar surface area (TPSA) is 72.6 Å². The van der Waals surface area contributed by atoms with E-state index in [1.54, 1.807) is 0 Å². The lowest BCUT2D eigenvalue weighted by Crippen LogP contribution is -2.33. The number of rotatable bonds is 6. The van der Waals surface area contributed by atoms with Crippen molar-refractivity contribution in [2.45, 2.75) is 17.2 Å². The monoisotopic (exact) mass is 330 g/mol. The zero-order chi connectivity index (χ0) is 16.4. The first kappa shape index (κ1) is 17.5. The van der Waals surface area contributed by atoms with Gasteiger partial charge in [0.1, 0.15) is 5.75 Å². The lowest BCUT2D eigenvalue weighted by atomic mass is 10.3. The van der Waals surface area contributed by atoms with Gasteiger partial charge in [0.15, 0.2) is 6.61 Å². The highest BCUT2D eigenvalue weighted by Crippen LogP contribution is 2.29. The van der Waals surface area contributed by atoms with E-state index < -0.39 is 29.0 Å². The first-order valence-electron chi connectivity index (χ1n) is 5.59. The van der Waals surface area contributed by atoms with Gasteiger partial charge < -0.3 is 10.5 Å². The van der Waals surface area contributed by atoms with E-state index in [0.29, 0.717) is 0 Å². The van der Waals surface area contributed by atoms with Gasteiger partial charge in [0.2, 0.25) is 10.0 Å². The van der Waals surface area contributed by atoms with E-state index in [4.69, 9.17) is 5.73 Å². The molecule has 0 unspecified atom stereocenters. The molecular formula is C11H14F4N2O3S. The van der Waals surface area contributed by atoms with Crippen LogP contribution in [0.15, 0.2) is 23.1 Å². The summed E-state index contributed by atoms with van der Waals surface area (Å²) in [4.78, 5) is -0.169. The van der Waals surface area contributed by atoms with Gasteiger partial charge in [-0.15, -0.1) is 0 Å². The molecule has 120 valence electrons. The molecule has 0 heterocycles. The summed E-state index contributed by atoms with van der Waals surface area (Å²) < 4.78 is 78.5. The lowest BCUT2D eigenvalue weighted by molar-refractivity contribution is -0.148. The van der Waals surface area contributed by atoms with E-state index in [0.717, 1.165) is 22.5 Å². The average molecular weight is 330 g/mol. The minimum atomic E-state index is -4.32. The second kappa shape index (κ2) is 6.06. The number of sulfonamides is 1. The Kier molecular flexibility index (Phi) is 5.05. The highest BCUT2D eigenvalue weighted by Gasteiger charge is 2.41. The predicted octanol–water partition coefficient (Wildman–Crippen LogP) is 1.80. The van der Waals surface area contributed by atoms with Crippen LogP contribution in [0.3, 0.4) is 0 Å². The number of hydrogen-bond acceptors (Lipinski definition) is 4. The molecule has 1 aromatic carbocycles. The molecule has 2 N–H and O–H groups in total. The van der Waals surface area contributed by atoms with Crippen molar-refractivity contribution in [2.24, 2.45) is 0 Å². The van der Waals surface area contributed by atoms with E-state index in [2.05, 4.69) is 4.74 Å². The molecule has 0 radical (unpaired) electrons. The zero-order valence-corrected chi connectivity index (χ0v) is 12.0. The summed E-state index contributed by atoms with van der Waals surface area (Å²) in [6.07, 6.45) is -3.87. The van der Waals surface area contributed by atoms with Crippen molar-refractivity contribution < 1.29 is 30.7 Å². The summed E-state index contributed by atoms with van der Waals surface area (Å²) in [5, 5.41) is 0. The number of anilines is 1. The van der Waals surface area contributed by atoms with Gasteiger partial charge in [0.25, 0.3) is 0 Å². The minimum Gasteiger partial charge on any atom is -0.485 e. The van der Waals surface area contributed by atoms with Gasteiger partial charge in [-0.3, -0.25) is 0 Å². The van der Waals surface area contributed by atoms with Crippen LogP contribution >= 0.6 is 0 Å². The number of ether oxygens (including phenoxy) is 1. The zero-order valence-electron chi connectivity index (χ0n) is 11.2. The van der Waals surface area contributed by atoms with Crippen molar-refractivity contribution in [3.63, 3.8) is 0 Å². The molecule has 1 rings (SSSR count). The van der Waals surface area contributed by atoms with Gasteiger partial charge in [-0.1, -0.05) is 0 Å². The molecule has 0 aromatic heterocycles. The Morgan fingerprint density at radius 2 is 1.90 bits per heavy atom. The van der Waals surface area contributed by atoms with Crippen molar-refractivity contribution in [2.75, 3.05) is 26.4 Å². The highest BCUT2D eigenvalue weighted by molar-refractivity contribution is 7.89. The van der Waals surface area contributed by atoms with Crippen LogP contribution in [0.5, 0.6) is 5.75 Å². The SMILES string of the molecule is CN(C)S(=O)(=O)c1ccc(OCC(F)(F)C(F)F)c(N)c1. The molecule has 0 fully saturated rings. The van der Waals surface area contributed by atoms with E-state index in [-0.39, 0.29) is 16.3 Å². The number of halogens is 4. The van der Waals surface area contributed by atoms with Crippen LogP contribution < -0.4 is 10.5 Å². The molecule has 0 bridgehead atoms. The van der Waals surface area contributed by atoms with Crippen molar-refractivity contribution in [1.82, 2.24) is 4.31 Å². The third-order valence-electron chi connectivity index (χ3n) is 2.50. The third-order valence-corrected chi connectivity index (χ3v) is 4.31. The summed E-state index contributed by atoms with van der Waals surface area (Å²) >= 11 is 0. The lowest BCUT2D eigenvalue weighted by Gasteiger charge is -2.17. The molecule has 5 nitrogen and oxygen atoms in total. The maximum atomic E-state index is 12.7. The number of nitrogens with two attached hydrogens (primary N) is 1. The molecule has 10 heteroatoms. The van der Waals surface area contributed by atoms with Crippen molar-refractivity contribution in [3.05, 3.63) is 18.2 Å². The standard InChI is InChI=1S/C11H14F4N2O3S/c1-17(2)21(18,19)7-3-4-9(8(16)5-7)20-6-11(14,15)10(12)13/h3-5,10H,6,16H2,1-2H3. The van der Waals surface area contributed by atoms with Crippen LogP contribution in [-0.4, -0.2) is 45.8 Å². The predicted molar refractivity (Wildman–Crippen MR) is 68.2 cm³/mol. The number of alkyl halides is 4. The fourth-order valence-electron chi connectivity index (χ4n) is 1.27. The first-order chi connectivity index (χ1) is 9.48. The second-order valence-corrected chi connectivity index (χ2v) is 6.49. The molecule has 0 saturated carbocycles. The van der Waals surface area contributed by atoms with Gasteiger partial charge in [0, 0.05) is 14.1 Å². The van der Waals surface area contributed by atoms with Gasteiger partial charge in [-0.05, 0) is 18.2 Å². The summed E-state index contributed by atoms with van der Waals surface area (Å²) in [6.45, 7) is -1.56. The van der Waals surface area contributed by atoms with E-state index in [1.807, 2.05) is 0 Å². The van der Waals surface area contributed by atoms with Crippen LogP contribution in [0.2, 0.25) is 0 Å². The van der Waals surface area contributed by atoms with E-state index >= 15 is 0 Å². The van der Waals surface area contributed by atoms with Gasteiger partial charge in [0.05, 0.1) is 10.6 Å². The largest absolute Gasteiger partial charge is 0.485 e. The van der Waals surface area contributed by atoms with Crippen molar-refractivity contribution >= 4 is 15.7 Å². The molecule has 1 aromatic rings. The molecule has 0 atom stereocenters. The highest BCUT2D eigenvalue weighted by atomic mass is 32.2. The molecule has 0 saturated heterocycles. The Hall–Kier alpha value is -1.55. The third kappa shape index (κ3) is 3.97. The summed E-state index contributed by atoms with van der Waals surface area (Å²) in [7, 11) is -1.13. The Bertz CT molecular complexity index is 605. The summed E-state index contributed by atoms with van der Waals surface area (Å²) in [5.41, 5.74) is 5.24. The number of nitrogens with zero attached hydrogens (tertiary/aromatic N) is 1. The molecule has 0 spiro atoms. The Labute approximate surface area is 119 Å². The fourth-order valence-corrected chi connectivity index (χ4v) is 2.20. The molecular weight excluding hydrogens is 316 g/mol. The Morgan fingerprint density at radius 3 is 2.33 bits per heavy atom. The molecule has 0 amide bonds. The average Bonchev–Trinajstić information content (AvgIpc) is 2.36. The molecule has 0 aliphatic carbocycles. The van der Waals surface area contributed by atoms with Crippen molar-refractivity contribution in [1.29, 1.82) is 0 Å². The summed E-state index contributed by atoms with van der Waals surface area (Å²) in [6, 6.07) is 3.12. The van der Waals surface area contributed by atoms with E-state index in [1.165, 1.54) is 14.1 Å². The first-order valence-corrected chi connectivity index (χ1v) is 7.03. The fraction of sp³-hybridized carbons (Fsp3) is 0.455. The number of nitrogen functional groups attached to an aromatic ring is 1. The Balaban J connectivity index is 2.95. The quantitative estimate of drug-likeness (QED) is 0.638. The van der Waals surface area contributed by atoms with Gasteiger partial charge in [-0.2, -0.15) is 8.78 Å². The van der Waals surface area contributed by atoms with Crippen molar-refractivity contribution in [3.8, 4) is 5.75 Å². The van der Waals surface area contributed by atoms with E-state index in [9.17, 15) is 26.0 Å². The van der Waals surface area contributed by atoms with Crippen LogP contribution in [0.4, 0.5) is 23.2 Å². The molecule has 21 heavy (non-hydrogen) atoms. The number of benzene rings is 1. The maximum Gasteiger partial charge on any atom is 0.340 e. The second-order valence-electron chi connectivity index (χ2n) is 4.34. The van der Waals surface area contributed by atoms with Gasteiger partial charge in [-0.25, -0.2) is 21.5 Å². The van der Waals surface area contributed by atoms with Crippen LogP contribution in [0.25, 0.3) is 0 Å².